The summed E-state index contributed by atoms with van der Waals surface area (Å²) in [4.78, 5) is 16.8. The molecular weight excluding hydrogens is 310 g/mol. The zero-order valence-electron chi connectivity index (χ0n) is 13.4. The maximum absolute atomic E-state index is 11.6. The fraction of sp³-hybridized carbons (Fsp3) is 0.444. The highest BCUT2D eigenvalue weighted by Crippen LogP contribution is 2.27. The quantitative estimate of drug-likeness (QED) is 0.536. The van der Waals surface area contributed by atoms with Crippen molar-refractivity contribution in [1.82, 2.24) is 0 Å². The van der Waals surface area contributed by atoms with Crippen molar-refractivity contribution in [3.63, 3.8) is 0 Å². The zero-order valence-corrected chi connectivity index (χ0v) is 13.4. The van der Waals surface area contributed by atoms with Gasteiger partial charge in [-0.25, -0.2) is 0 Å². The van der Waals surface area contributed by atoms with E-state index in [1.54, 1.807) is 6.08 Å². The average molecular weight is 331 g/mol. The van der Waals surface area contributed by atoms with Gasteiger partial charge in [0.15, 0.2) is 6.29 Å². The molecule has 2 aliphatic rings. The fourth-order valence-corrected chi connectivity index (χ4v) is 2.86. The van der Waals surface area contributed by atoms with Gasteiger partial charge in [0.25, 0.3) is 0 Å². The molecule has 2 aliphatic heterocycles. The second-order valence-corrected chi connectivity index (χ2v) is 5.75. The number of rotatable bonds is 8. The van der Waals surface area contributed by atoms with Gasteiger partial charge in [-0.3, -0.25) is 0 Å². The van der Waals surface area contributed by atoms with E-state index in [-0.39, 0.29) is 5.92 Å². The number of hydrogen-bond donors (Lipinski definition) is 0. The Kier molecular flexibility index (Phi) is 5.74. The molecule has 24 heavy (non-hydrogen) atoms. The first-order valence-electron chi connectivity index (χ1n) is 7.98. The van der Waals surface area contributed by atoms with Crippen LogP contribution in [0.15, 0.2) is 48.1 Å². The molecule has 0 saturated carbocycles. The summed E-state index contributed by atoms with van der Waals surface area (Å²) in [5, 5.41) is 4.08. The minimum atomic E-state index is -0.746. The number of carbonyl (C=O) groups is 1. The van der Waals surface area contributed by atoms with Gasteiger partial charge in [-0.05, 0) is 5.56 Å². The van der Waals surface area contributed by atoms with Crippen LogP contribution in [0.1, 0.15) is 5.56 Å². The number of fused-ring (bicyclic) bond motifs is 1. The minimum absolute atomic E-state index is 0.0671. The minimum Gasteiger partial charge on any atom is -0.395 e. The molecule has 0 aromatic heterocycles. The Morgan fingerprint density at radius 1 is 1.33 bits per heavy atom. The van der Waals surface area contributed by atoms with E-state index in [9.17, 15) is 4.79 Å². The van der Waals surface area contributed by atoms with Crippen LogP contribution in [-0.2, 0) is 30.4 Å². The highest BCUT2D eigenvalue weighted by atomic mass is 16.6. The third-order valence-electron chi connectivity index (χ3n) is 4.08. The van der Waals surface area contributed by atoms with Crippen molar-refractivity contribution in [3.8, 4) is 0 Å². The molecule has 0 unspecified atom stereocenters. The summed E-state index contributed by atoms with van der Waals surface area (Å²) in [7, 11) is 0. The highest BCUT2D eigenvalue weighted by Gasteiger charge is 2.45. The SMILES string of the molecule is C=CCO[C@@H]1C2=NOC[C@H]2CO[C@@H]1[C@H](C=O)OCc1ccccc1. The van der Waals surface area contributed by atoms with E-state index < -0.39 is 18.3 Å². The van der Waals surface area contributed by atoms with Gasteiger partial charge in [0.05, 0.1) is 31.5 Å². The predicted octanol–water partition coefficient (Wildman–Crippen LogP) is 1.74. The maximum atomic E-state index is 11.6. The van der Waals surface area contributed by atoms with E-state index in [0.29, 0.717) is 26.4 Å². The Labute approximate surface area is 141 Å². The number of hydrogen-bond acceptors (Lipinski definition) is 6. The number of benzene rings is 1. The third kappa shape index (κ3) is 3.72. The van der Waals surface area contributed by atoms with E-state index in [1.807, 2.05) is 30.3 Å². The van der Waals surface area contributed by atoms with Crippen LogP contribution < -0.4 is 0 Å². The predicted molar refractivity (Wildman–Crippen MR) is 87.6 cm³/mol. The largest absolute Gasteiger partial charge is 0.395 e. The molecule has 128 valence electrons. The number of carbonyl (C=O) groups excluding carboxylic acids is 1. The molecule has 1 saturated heterocycles. The first kappa shape index (κ1) is 16.8. The van der Waals surface area contributed by atoms with Crippen LogP contribution in [0.4, 0.5) is 0 Å². The molecule has 1 fully saturated rings. The molecule has 0 spiro atoms. The van der Waals surface area contributed by atoms with Gasteiger partial charge < -0.3 is 23.8 Å². The van der Waals surface area contributed by atoms with Crippen LogP contribution in [-0.4, -0.2) is 50.1 Å². The Balaban J connectivity index is 1.70. The summed E-state index contributed by atoms with van der Waals surface area (Å²) in [5.41, 5.74) is 1.77. The molecule has 0 radical (unpaired) electrons. The third-order valence-corrected chi connectivity index (χ3v) is 4.08. The van der Waals surface area contributed by atoms with Crippen LogP contribution in [0.2, 0.25) is 0 Å². The number of oxime groups is 1. The lowest BCUT2D eigenvalue weighted by Crippen LogP contribution is -2.54. The van der Waals surface area contributed by atoms with Gasteiger partial charge >= 0.3 is 0 Å². The van der Waals surface area contributed by atoms with Gasteiger partial charge in [0, 0.05) is 0 Å². The van der Waals surface area contributed by atoms with E-state index in [2.05, 4.69) is 11.7 Å². The molecule has 1 aromatic rings. The summed E-state index contributed by atoms with van der Waals surface area (Å²) in [6.07, 6.45) is 0.633. The zero-order chi connectivity index (χ0) is 16.8. The van der Waals surface area contributed by atoms with Crippen molar-refractivity contribution in [2.75, 3.05) is 19.8 Å². The lowest BCUT2D eigenvalue weighted by Gasteiger charge is -2.36. The molecule has 0 bridgehead atoms. The smallest absolute Gasteiger partial charge is 0.151 e. The molecule has 3 rings (SSSR count). The average Bonchev–Trinajstić information content (AvgIpc) is 3.10. The molecular formula is C18H21NO5. The maximum Gasteiger partial charge on any atom is 0.151 e. The topological polar surface area (TPSA) is 66.3 Å². The van der Waals surface area contributed by atoms with Crippen LogP contribution >= 0.6 is 0 Å². The van der Waals surface area contributed by atoms with E-state index in [4.69, 9.17) is 19.0 Å². The summed E-state index contributed by atoms with van der Waals surface area (Å²) in [5.74, 6) is 0.0671. The Morgan fingerprint density at radius 2 is 2.17 bits per heavy atom. The van der Waals surface area contributed by atoms with E-state index >= 15 is 0 Å². The summed E-state index contributed by atoms with van der Waals surface area (Å²) < 4.78 is 17.4. The summed E-state index contributed by atoms with van der Waals surface area (Å²) >= 11 is 0. The molecule has 6 nitrogen and oxygen atoms in total. The van der Waals surface area contributed by atoms with Gasteiger partial charge in [-0.1, -0.05) is 41.6 Å². The first-order valence-corrected chi connectivity index (χ1v) is 7.98. The van der Waals surface area contributed by atoms with Crippen LogP contribution in [0.5, 0.6) is 0 Å². The molecule has 2 heterocycles. The Hall–Kier alpha value is -2.02. The van der Waals surface area contributed by atoms with Gasteiger partial charge in [-0.2, -0.15) is 0 Å². The second kappa shape index (κ2) is 8.19. The van der Waals surface area contributed by atoms with Crippen LogP contribution in [0, 0.1) is 5.92 Å². The number of ether oxygens (including phenoxy) is 3. The summed E-state index contributed by atoms with van der Waals surface area (Å²) in [6, 6.07) is 9.68. The van der Waals surface area contributed by atoms with E-state index in [1.165, 1.54) is 0 Å². The van der Waals surface area contributed by atoms with Crippen LogP contribution in [0.25, 0.3) is 0 Å². The number of aldehydes is 1. The normalized spacial score (nSPS) is 26.8. The monoisotopic (exact) mass is 331 g/mol. The van der Waals surface area contributed by atoms with Gasteiger partial charge in [0.2, 0.25) is 0 Å². The molecule has 0 amide bonds. The number of nitrogens with zero attached hydrogens (tertiary/aromatic N) is 1. The highest BCUT2D eigenvalue weighted by molar-refractivity contribution is 5.93. The van der Waals surface area contributed by atoms with Gasteiger partial charge in [-0.15, -0.1) is 6.58 Å². The van der Waals surface area contributed by atoms with Crippen molar-refractivity contribution >= 4 is 12.0 Å². The van der Waals surface area contributed by atoms with Gasteiger partial charge in [0.1, 0.15) is 24.9 Å². The first-order chi connectivity index (χ1) is 11.8. The molecule has 6 heteroatoms. The second-order valence-electron chi connectivity index (χ2n) is 5.75. The molecule has 0 N–H and O–H groups in total. The van der Waals surface area contributed by atoms with Crippen molar-refractivity contribution in [2.24, 2.45) is 11.1 Å². The lowest BCUT2D eigenvalue weighted by molar-refractivity contribution is -0.150. The Morgan fingerprint density at radius 3 is 2.92 bits per heavy atom. The fourth-order valence-electron chi connectivity index (χ4n) is 2.86. The Bertz CT molecular complexity index is 588. The van der Waals surface area contributed by atoms with Crippen molar-refractivity contribution in [1.29, 1.82) is 0 Å². The van der Waals surface area contributed by atoms with E-state index in [0.717, 1.165) is 17.6 Å². The van der Waals surface area contributed by atoms with Crippen LogP contribution in [0.3, 0.4) is 0 Å². The molecule has 0 aliphatic carbocycles. The molecule has 4 atom stereocenters. The molecule has 1 aromatic carbocycles. The van der Waals surface area contributed by atoms with Crippen molar-refractivity contribution in [3.05, 3.63) is 48.6 Å². The standard InChI is InChI=1S/C18H21NO5/c1-2-8-21-18-16-14(12-24-19-16)11-23-17(18)15(9-20)22-10-13-6-4-3-5-7-13/h2-7,9,14-15,17-18H,1,8,10-12H2/t14-,15+,17-,18-/m1/s1. The lowest BCUT2D eigenvalue weighted by atomic mass is 9.92. The van der Waals surface area contributed by atoms with Crippen molar-refractivity contribution < 1.29 is 23.8 Å². The summed E-state index contributed by atoms with van der Waals surface area (Å²) in [6.45, 7) is 5.24. The van der Waals surface area contributed by atoms with Crippen molar-refractivity contribution in [2.45, 2.75) is 24.9 Å².